The highest BCUT2D eigenvalue weighted by Gasteiger charge is 1.84. The zero-order chi connectivity index (χ0) is 5.11. The fourth-order valence-corrected chi connectivity index (χ4v) is 0.289. The van der Waals surface area contributed by atoms with E-state index in [1.54, 1.807) is 0 Å². The van der Waals surface area contributed by atoms with Gasteiger partial charge in [-0.2, -0.15) is 0 Å². The van der Waals surface area contributed by atoms with Crippen LogP contribution in [-0.2, 0) is 0 Å². The summed E-state index contributed by atoms with van der Waals surface area (Å²) in [6.45, 7) is 0. The zero-order valence-corrected chi connectivity index (χ0v) is 4.07. The van der Waals surface area contributed by atoms with Crippen LogP contribution in [0.1, 0.15) is 5.82 Å². The second-order valence-corrected chi connectivity index (χ2v) is 1.06. The highest BCUT2D eigenvalue weighted by Crippen LogP contribution is 1.71. The minimum absolute atomic E-state index is 0.398. The van der Waals surface area contributed by atoms with Crippen molar-refractivity contribution in [3.63, 3.8) is 0 Å². The molecule has 1 radical (unpaired) electrons. The molecule has 1 aromatic rings. The highest BCUT2D eigenvalue weighted by molar-refractivity contribution is 7.79. The molecule has 0 bridgehead atoms. The van der Waals surface area contributed by atoms with Crippen LogP contribution in [0, 0.1) is 0 Å². The number of aromatic amines is 1. The van der Waals surface area contributed by atoms with Gasteiger partial charge in [-0.1, -0.05) is 12.2 Å². The van der Waals surface area contributed by atoms with Crippen molar-refractivity contribution in [3.8, 4) is 0 Å². The molecule has 0 spiro atoms. The van der Waals surface area contributed by atoms with Gasteiger partial charge in [0.05, 0.1) is 0 Å². The van der Waals surface area contributed by atoms with E-state index in [1.807, 2.05) is 0 Å². The van der Waals surface area contributed by atoms with E-state index in [1.165, 1.54) is 0 Å². The lowest BCUT2D eigenvalue weighted by atomic mass is 10.8. The smallest absolute Gasteiger partial charge is 0.191 e. The van der Waals surface area contributed by atoms with Gasteiger partial charge in [-0.3, -0.25) is 0 Å². The summed E-state index contributed by atoms with van der Waals surface area (Å²) in [5.74, 6) is 0.398. The number of thiocarbonyl (C=S) groups is 1. The van der Waals surface area contributed by atoms with Gasteiger partial charge in [0.15, 0.2) is 5.82 Å². The van der Waals surface area contributed by atoms with Gasteiger partial charge in [0, 0.05) is 0 Å². The van der Waals surface area contributed by atoms with Gasteiger partial charge >= 0.3 is 0 Å². The molecular weight excluding hydrogens is 112 g/mol. The predicted octanol–water partition coefficient (Wildman–Crippen LogP) is -0.576. The lowest BCUT2D eigenvalue weighted by Gasteiger charge is -1.64. The summed E-state index contributed by atoms with van der Waals surface area (Å²) < 4.78 is 0. The topological polar surface area (TPSA) is 54.5 Å². The van der Waals surface area contributed by atoms with Crippen LogP contribution in [0.4, 0.5) is 0 Å². The normalized spacial score (nSPS) is 8.57. The quantitative estimate of drug-likeness (QED) is 0.495. The number of H-pyrrole nitrogens is 1. The van der Waals surface area contributed by atoms with Crippen molar-refractivity contribution in [1.29, 1.82) is 0 Å². The SMILES string of the molecule is S=[C]c1nnn[nH]1. The highest BCUT2D eigenvalue weighted by atomic mass is 32.1. The average Bonchev–Trinajstić information content (AvgIpc) is 2.14. The van der Waals surface area contributed by atoms with Crippen LogP contribution in [-0.4, -0.2) is 26.0 Å². The molecule has 1 rings (SSSR count). The van der Waals surface area contributed by atoms with E-state index in [-0.39, 0.29) is 0 Å². The molecule has 7 heavy (non-hydrogen) atoms. The van der Waals surface area contributed by atoms with Gasteiger partial charge in [0.2, 0.25) is 0 Å². The van der Waals surface area contributed by atoms with Gasteiger partial charge in [-0.15, -0.1) is 5.10 Å². The summed E-state index contributed by atoms with van der Waals surface area (Å²) in [5.41, 5.74) is 0. The summed E-state index contributed by atoms with van der Waals surface area (Å²) in [4.78, 5) is 0. The van der Waals surface area contributed by atoms with Gasteiger partial charge < -0.3 is 0 Å². The molecule has 1 N–H and O–H groups in total. The van der Waals surface area contributed by atoms with Gasteiger partial charge in [0.1, 0.15) is 5.37 Å². The summed E-state index contributed by atoms with van der Waals surface area (Å²) >= 11 is 4.35. The third-order valence-electron chi connectivity index (χ3n) is 0.442. The molecule has 0 saturated heterocycles. The molecule has 0 fully saturated rings. The van der Waals surface area contributed by atoms with Crippen LogP contribution in [0.5, 0.6) is 0 Å². The maximum atomic E-state index is 4.35. The van der Waals surface area contributed by atoms with E-state index in [4.69, 9.17) is 0 Å². The summed E-state index contributed by atoms with van der Waals surface area (Å²) in [7, 11) is 0. The molecule has 5 heteroatoms. The van der Waals surface area contributed by atoms with Gasteiger partial charge in [-0.25, -0.2) is 5.10 Å². The molecule has 0 aliphatic heterocycles. The van der Waals surface area contributed by atoms with Crippen molar-refractivity contribution in [1.82, 2.24) is 20.6 Å². The Kier molecular flexibility index (Phi) is 1.08. The van der Waals surface area contributed by atoms with Crippen molar-refractivity contribution < 1.29 is 0 Å². The number of rotatable bonds is 1. The van der Waals surface area contributed by atoms with Crippen molar-refractivity contribution in [2.24, 2.45) is 0 Å². The molecule has 1 heterocycles. The van der Waals surface area contributed by atoms with Crippen molar-refractivity contribution >= 4 is 17.6 Å². The van der Waals surface area contributed by atoms with Crippen LogP contribution < -0.4 is 0 Å². The van der Waals surface area contributed by atoms with Crippen LogP contribution in [0.15, 0.2) is 0 Å². The molecule has 0 aromatic carbocycles. The first kappa shape index (κ1) is 4.32. The summed E-state index contributed by atoms with van der Waals surface area (Å²) in [5, 5.41) is 14.6. The van der Waals surface area contributed by atoms with E-state index < -0.39 is 0 Å². The first-order chi connectivity index (χ1) is 3.43. The summed E-state index contributed by atoms with van der Waals surface area (Å²) in [6.07, 6.45) is 0. The van der Waals surface area contributed by atoms with Gasteiger partial charge in [-0.05, 0) is 10.4 Å². The Morgan fingerprint density at radius 3 is 2.86 bits per heavy atom. The monoisotopic (exact) mass is 113 g/mol. The molecule has 0 aliphatic rings. The minimum atomic E-state index is 0.398. The maximum absolute atomic E-state index is 4.35. The molecule has 1 aromatic heterocycles. The number of hydrogen-bond donors (Lipinski definition) is 1. The van der Waals surface area contributed by atoms with E-state index >= 15 is 0 Å². The Labute approximate surface area is 44.9 Å². The fourth-order valence-electron chi connectivity index (χ4n) is 0.202. The molecule has 0 saturated carbocycles. The number of hydrogen-bond acceptors (Lipinski definition) is 4. The lowest BCUT2D eigenvalue weighted by Crippen LogP contribution is -1.78. The van der Waals surface area contributed by atoms with Crippen LogP contribution in [0.25, 0.3) is 0 Å². The Hall–Kier alpha value is -0.840. The average molecular weight is 113 g/mol. The third-order valence-corrected chi connectivity index (χ3v) is 0.635. The lowest BCUT2D eigenvalue weighted by molar-refractivity contribution is 0.881. The van der Waals surface area contributed by atoms with Gasteiger partial charge in [0.25, 0.3) is 0 Å². The van der Waals surface area contributed by atoms with Crippen LogP contribution in [0.2, 0.25) is 0 Å². The Balaban J connectivity index is 2.96. The molecule has 4 nitrogen and oxygen atoms in total. The van der Waals surface area contributed by atoms with Crippen molar-refractivity contribution in [2.45, 2.75) is 0 Å². The number of nitrogens with zero attached hydrogens (tertiary/aromatic N) is 3. The number of nitrogens with one attached hydrogen (secondary N) is 1. The Morgan fingerprint density at radius 2 is 2.57 bits per heavy atom. The van der Waals surface area contributed by atoms with Crippen molar-refractivity contribution in [2.75, 3.05) is 0 Å². The summed E-state index contributed by atoms with van der Waals surface area (Å²) in [6, 6.07) is 0. The van der Waals surface area contributed by atoms with Crippen LogP contribution >= 0.6 is 12.2 Å². The predicted molar refractivity (Wildman–Crippen MR) is 25.9 cm³/mol. The molecule has 0 atom stereocenters. The fraction of sp³-hybridized carbons (Fsp3) is 0. The molecule has 35 valence electrons. The minimum Gasteiger partial charge on any atom is -0.238 e. The standard InChI is InChI=1S/C2HN4S/c7-1-2-3-5-6-4-2/h(H,3,4,5,6). The molecule has 0 unspecified atom stereocenters. The molecule has 0 aliphatic carbocycles. The molecular formula is C2HN4S. The third kappa shape index (κ3) is 0.774. The number of aromatic nitrogens is 4. The first-order valence-electron chi connectivity index (χ1n) is 1.55. The van der Waals surface area contributed by atoms with E-state index in [0.29, 0.717) is 5.82 Å². The first-order valence-corrected chi connectivity index (χ1v) is 1.96. The number of tetrazole rings is 1. The Bertz CT molecular complexity index is 145. The maximum Gasteiger partial charge on any atom is 0.191 e. The van der Waals surface area contributed by atoms with E-state index in [9.17, 15) is 0 Å². The zero-order valence-electron chi connectivity index (χ0n) is 3.25. The Morgan fingerprint density at radius 1 is 1.71 bits per heavy atom. The van der Waals surface area contributed by atoms with E-state index in [0.717, 1.165) is 0 Å². The second kappa shape index (κ2) is 1.74. The van der Waals surface area contributed by atoms with Crippen LogP contribution in [0.3, 0.4) is 0 Å². The molecule has 0 amide bonds. The second-order valence-electron chi connectivity index (χ2n) is 0.852. The van der Waals surface area contributed by atoms with Crippen molar-refractivity contribution in [3.05, 3.63) is 5.82 Å². The van der Waals surface area contributed by atoms with E-state index in [2.05, 4.69) is 38.2 Å². The largest absolute Gasteiger partial charge is 0.238 e.